The number of benzene rings is 1. The second-order valence-corrected chi connectivity index (χ2v) is 8.66. The quantitative estimate of drug-likeness (QED) is 0.226. The minimum atomic E-state index is 0. The molecule has 0 radical (unpaired) electrons. The predicted octanol–water partition coefficient (Wildman–Crippen LogP) is 3.87. The Morgan fingerprint density at radius 1 is 1.03 bits per heavy atom. The fourth-order valence-corrected chi connectivity index (χ4v) is 3.75. The first kappa shape index (κ1) is 26.4. The molecule has 0 atom stereocenters. The second-order valence-electron chi connectivity index (χ2n) is 8.66. The van der Waals surface area contributed by atoms with E-state index in [0.717, 1.165) is 63.9 Å². The fraction of sp³-hybridized carbons (Fsp3) is 0.520. The highest BCUT2D eigenvalue weighted by molar-refractivity contribution is 14.0. The number of guanidine groups is 1. The number of aryl methyl sites for hydroxylation is 1. The SMILES string of the molecule is CN=C(NCCCc1ccc(C(C)C)cc1)NCc1ccnc(N2CCN(C)CC2)c1.I. The van der Waals surface area contributed by atoms with Gasteiger partial charge in [-0.05, 0) is 54.6 Å². The zero-order valence-corrected chi connectivity index (χ0v) is 22.3. The Bertz CT molecular complexity index is 829. The van der Waals surface area contributed by atoms with Gasteiger partial charge in [-0.3, -0.25) is 4.99 Å². The molecule has 0 unspecified atom stereocenters. The molecular formula is C25H39IN6. The minimum Gasteiger partial charge on any atom is -0.356 e. The molecule has 32 heavy (non-hydrogen) atoms. The van der Waals surface area contributed by atoms with Crippen LogP contribution < -0.4 is 15.5 Å². The van der Waals surface area contributed by atoms with E-state index in [-0.39, 0.29) is 24.0 Å². The van der Waals surface area contributed by atoms with E-state index in [1.165, 1.54) is 16.7 Å². The molecule has 176 valence electrons. The molecule has 1 saturated heterocycles. The van der Waals surface area contributed by atoms with Gasteiger partial charge in [0.15, 0.2) is 5.96 Å². The number of piperazine rings is 1. The number of halogens is 1. The molecule has 0 spiro atoms. The van der Waals surface area contributed by atoms with Crippen LogP contribution in [0.3, 0.4) is 0 Å². The van der Waals surface area contributed by atoms with Gasteiger partial charge in [-0.1, -0.05) is 38.1 Å². The van der Waals surface area contributed by atoms with E-state index in [1.807, 2.05) is 13.2 Å². The van der Waals surface area contributed by atoms with E-state index < -0.39 is 0 Å². The smallest absolute Gasteiger partial charge is 0.191 e. The van der Waals surface area contributed by atoms with Crippen LogP contribution in [0, 0.1) is 0 Å². The molecule has 1 aliphatic rings. The molecule has 0 amide bonds. The Kier molecular flexibility index (Phi) is 11.2. The number of anilines is 1. The topological polar surface area (TPSA) is 55.8 Å². The Hall–Kier alpha value is -1.87. The maximum absolute atomic E-state index is 4.57. The van der Waals surface area contributed by atoms with Crippen molar-refractivity contribution in [2.45, 2.75) is 39.2 Å². The van der Waals surface area contributed by atoms with Crippen molar-refractivity contribution < 1.29 is 0 Å². The number of hydrogen-bond acceptors (Lipinski definition) is 4. The number of likely N-dealkylation sites (N-methyl/N-ethyl adjacent to an activating group) is 1. The summed E-state index contributed by atoms with van der Waals surface area (Å²) in [5.74, 6) is 2.50. The summed E-state index contributed by atoms with van der Waals surface area (Å²) in [4.78, 5) is 13.7. The third kappa shape index (κ3) is 8.24. The molecule has 1 aromatic carbocycles. The van der Waals surface area contributed by atoms with E-state index in [1.54, 1.807) is 0 Å². The lowest BCUT2D eigenvalue weighted by Gasteiger charge is -2.33. The van der Waals surface area contributed by atoms with Crippen LogP contribution in [0.5, 0.6) is 0 Å². The van der Waals surface area contributed by atoms with Gasteiger partial charge in [0, 0.05) is 52.5 Å². The summed E-state index contributed by atoms with van der Waals surface area (Å²) in [7, 11) is 3.99. The average Bonchev–Trinajstić information content (AvgIpc) is 2.79. The maximum atomic E-state index is 4.57. The van der Waals surface area contributed by atoms with Crippen LogP contribution in [0.15, 0.2) is 47.6 Å². The molecule has 2 heterocycles. The zero-order valence-electron chi connectivity index (χ0n) is 20.0. The van der Waals surface area contributed by atoms with Crippen LogP contribution in [0.2, 0.25) is 0 Å². The Morgan fingerprint density at radius 3 is 2.41 bits per heavy atom. The van der Waals surface area contributed by atoms with Crippen molar-refractivity contribution in [2.24, 2.45) is 4.99 Å². The van der Waals surface area contributed by atoms with Crippen LogP contribution >= 0.6 is 24.0 Å². The number of rotatable bonds is 8. The predicted molar refractivity (Wildman–Crippen MR) is 146 cm³/mol. The summed E-state index contributed by atoms with van der Waals surface area (Å²) >= 11 is 0. The molecule has 0 aliphatic carbocycles. The van der Waals surface area contributed by atoms with Gasteiger partial charge in [0.1, 0.15) is 5.82 Å². The third-order valence-electron chi connectivity index (χ3n) is 5.90. The average molecular weight is 551 g/mol. The van der Waals surface area contributed by atoms with Crippen LogP contribution in [0.25, 0.3) is 0 Å². The van der Waals surface area contributed by atoms with Crippen LogP contribution in [-0.4, -0.2) is 62.7 Å². The van der Waals surface area contributed by atoms with E-state index in [4.69, 9.17) is 0 Å². The number of aliphatic imine (C=N–C) groups is 1. The largest absolute Gasteiger partial charge is 0.356 e. The fourth-order valence-electron chi connectivity index (χ4n) is 3.75. The summed E-state index contributed by atoms with van der Waals surface area (Å²) in [5.41, 5.74) is 4.01. The summed E-state index contributed by atoms with van der Waals surface area (Å²) in [6.07, 6.45) is 4.05. The maximum Gasteiger partial charge on any atom is 0.191 e. The molecule has 1 aromatic heterocycles. The van der Waals surface area contributed by atoms with Crippen molar-refractivity contribution in [3.63, 3.8) is 0 Å². The summed E-state index contributed by atoms with van der Waals surface area (Å²) in [5, 5.41) is 6.86. The van der Waals surface area contributed by atoms with E-state index >= 15 is 0 Å². The summed E-state index contributed by atoms with van der Waals surface area (Å²) in [6, 6.07) is 13.3. The standard InChI is InChI=1S/C25H38N6.HI/c1-20(2)23-9-7-21(8-10-23)6-5-12-28-25(26-3)29-19-22-11-13-27-24(18-22)31-16-14-30(4)15-17-31;/h7-11,13,18,20H,5-6,12,14-17,19H2,1-4H3,(H2,26,28,29);1H. The van der Waals surface area contributed by atoms with Gasteiger partial charge >= 0.3 is 0 Å². The first-order valence-corrected chi connectivity index (χ1v) is 11.5. The number of nitrogens with zero attached hydrogens (tertiary/aromatic N) is 4. The Morgan fingerprint density at radius 2 is 1.75 bits per heavy atom. The number of aromatic nitrogens is 1. The van der Waals surface area contributed by atoms with Gasteiger partial charge in [-0.25, -0.2) is 4.98 Å². The van der Waals surface area contributed by atoms with E-state index in [9.17, 15) is 0 Å². The van der Waals surface area contributed by atoms with Gasteiger partial charge in [-0.15, -0.1) is 24.0 Å². The van der Waals surface area contributed by atoms with Crippen molar-refractivity contribution in [1.82, 2.24) is 20.5 Å². The first-order valence-electron chi connectivity index (χ1n) is 11.5. The highest BCUT2D eigenvalue weighted by atomic mass is 127. The molecule has 2 N–H and O–H groups in total. The highest BCUT2D eigenvalue weighted by Gasteiger charge is 2.15. The van der Waals surface area contributed by atoms with Crippen LogP contribution in [0.4, 0.5) is 5.82 Å². The molecule has 7 heteroatoms. The van der Waals surface area contributed by atoms with Crippen molar-refractivity contribution in [2.75, 3.05) is 51.7 Å². The Balaban J connectivity index is 0.00000363. The van der Waals surface area contributed by atoms with Gasteiger partial charge < -0.3 is 20.4 Å². The molecular weight excluding hydrogens is 511 g/mol. The summed E-state index contributed by atoms with van der Waals surface area (Å²) in [6.45, 7) is 10.3. The van der Waals surface area contributed by atoms with Gasteiger partial charge in [0.05, 0.1) is 0 Å². The number of pyridine rings is 1. The van der Waals surface area contributed by atoms with Gasteiger partial charge in [0.2, 0.25) is 0 Å². The van der Waals surface area contributed by atoms with Crippen molar-refractivity contribution in [1.29, 1.82) is 0 Å². The molecule has 2 aromatic rings. The lowest BCUT2D eigenvalue weighted by molar-refractivity contribution is 0.312. The molecule has 1 aliphatic heterocycles. The molecule has 3 rings (SSSR count). The third-order valence-corrected chi connectivity index (χ3v) is 5.90. The van der Waals surface area contributed by atoms with E-state index in [0.29, 0.717) is 5.92 Å². The monoisotopic (exact) mass is 550 g/mol. The second kappa shape index (κ2) is 13.6. The van der Waals surface area contributed by atoms with Crippen molar-refractivity contribution in [3.8, 4) is 0 Å². The number of nitrogens with one attached hydrogen (secondary N) is 2. The van der Waals surface area contributed by atoms with Crippen molar-refractivity contribution >= 4 is 35.8 Å². The van der Waals surface area contributed by atoms with Gasteiger partial charge in [-0.2, -0.15) is 0 Å². The van der Waals surface area contributed by atoms with Gasteiger partial charge in [0.25, 0.3) is 0 Å². The first-order chi connectivity index (χ1) is 15.0. The summed E-state index contributed by atoms with van der Waals surface area (Å²) < 4.78 is 0. The number of hydrogen-bond donors (Lipinski definition) is 2. The Labute approximate surface area is 210 Å². The zero-order chi connectivity index (χ0) is 22.1. The van der Waals surface area contributed by atoms with Crippen LogP contribution in [0.1, 0.15) is 42.9 Å². The lowest BCUT2D eigenvalue weighted by atomic mass is 10.0. The minimum absolute atomic E-state index is 0. The lowest BCUT2D eigenvalue weighted by Crippen LogP contribution is -2.44. The molecule has 6 nitrogen and oxygen atoms in total. The van der Waals surface area contributed by atoms with Crippen LogP contribution in [-0.2, 0) is 13.0 Å². The highest BCUT2D eigenvalue weighted by Crippen LogP contribution is 2.16. The molecule has 0 saturated carbocycles. The molecule has 0 bridgehead atoms. The van der Waals surface area contributed by atoms with E-state index in [2.05, 4.69) is 87.7 Å². The normalized spacial score (nSPS) is 14.9. The molecule has 1 fully saturated rings. The van der Waals surface area contributed by atoms with Crippen molar-refractivity contribution in [3.05, 3.63) is 59.3 Å².